The van der Waals surface area contributed by atoms with Crippen molar-refractivity contribution < 1.29 is 0 Å². The maximum atomic E-state index is 5.08. The summed E-state index contributed by atoms with van der Waals surface area (Å²) in [5, 5.41) is 2.16. The van der Waals surface area contributed by atoms with E-state index in [4.69, 9.17) is 12.2 Å². The van der Waals surface area contributed by atoms with Crippen LogP contribution in [-0.2, 0) is 6.42 Å². The van der Waals surface area contributed by atoms with Gasteiger partial charge in [0.2, 0.25) is 0 Å². The van der Waals surface area contributed by atoms with Crippen molar-refractivity contribution in [3.05, 3.63) is 14.8 Å². The Labute approximate surface area is 67.6 Å². The number of hydrogen-bond acceptors (Lipinski definition) is 3. The molecule has 0 bridgehead atoms. The highest BCUT2D eigenvalue weighted by Gasteiger charge is 1.93. The van der Waals surface area contributed by atoms with Crippen LogP contribution in [0.5, 0.6) is 0 Å². The smallest absolute Gasteiger partial charge is 0.0869 e. The van der Waals surface area contributed by atoms with E-state index >= 15 is 0 Å². The van der Waals surface area contributed by atoms with Gasteiger partial charge in [-0.25, -0.2) is 0 Å². The highest BCUT2D eigenvalue weighted by molar-refractivity contribution is 7.79. The van der Waals surface area contributed by atoms with Crippen LogP contribution >= 0.6 is 32.9 Å². The van der Waals surface area contributed by atoms with Crippen molar-refractivity contribution >= 4 is 32.9 Å². The molecule has 3 heteroatoms. The van der Waals surface area contributed by atoms with Gasteiger partial charge in [0, 0.05) is 5.38 Å². The Bertz CT molecular complexity index is 220. The van der Waals surface area contributed by atoms with Gasteiger partial charge in [-0.05, 0) is 12.0 Å². The number of rotatable bonds is 2. The highest BCUT2D eigenvalue weighted by Crippen LogP contribution is 2.17. The zero-order valence-electron chi connectivity index (χ0n) is 5.22. The summed E-state index contributed by atoms with van der Waals surface area (Å²) in [5.41, 5.74) is 1.36. The molecule has 0 aliphatic carbocycles. The molecule has 0 aromatic carbocycles. The molecule has 0 N–H and O–H groups in total. The van der Waals surface area contributed by atoms with Crippen molar-refractivity contribution in [3.8, 4) is 0 Å². The van der Waals surface area contributed by atoms with Crippen molar-refractivity contribution in [2.75, 3.05) is 0 Å². The second-order valence-corrected chi connectivity index (χ2v) is 4.61. The van der Waals surface area contributed by atoms with Crippen LogP contribution in [0.3, 0.4) is 0 Å². The lowest BCUT2D eigenvalue weighted by Gasteiger charge is -1.86. The van der Waals surface area contributed by atoms with E-state index in [1.165, 1.54) is 12.0 Å². The molecule has 50 valence electrons. The normalized spacial score (nSPS) is 9.89. The summed E-state index contributed by atoms with van der Waals surface area (Å²) in [7, 11) is 3.44. The molecule has 0 unspecified atom stereocenters. The van der Waals surface area contributed by atoms with Gasteiger partial charge in [-0.2, -0.15) is 0 Å². The molecule has 0 aliphatic rings. The molecule has 0 aliphatic heterocycles. The molecule has 0 saturated heterocycles. The van der Waals surface area contributed by atoms with Crippen molar-refractivity contribution in [2.45, 2.75) is 19.8 Å². The molecule has 1 heterocycles. The summed E-state index contributed by atoms with van der Waals surface area (Å²) in [5.74, 6) is 0. The first-order chi connectivity index (χ1) is 4.34. The molecule has 1 aromatic rings. The van der Waals surface area contributed by atoms with E-state index in [0.717, 1.165) is 10.2 Å². The first-order valence-corrected chi connectivity index (χ1v) is 5.53. The number of hydrogen-bond donors (Lipinski definition) is 0. The van der Waals surface area contributed by atoms with Crippen LogP contribution in [0.1, 0.15) is 18.9 Å². The number of aryl methyl sites for hydroxylation is 1. The minimum Gasteiger partial charge on any atom is -0.0869 e. The zero-order chi connectivity index (χ0) is 6.69. The minimum absolute atomic E-state index is 1.09. The summed E-state index contributed by atoms with van der Waals surface area (Å²) in [4.78, 5) is 0. The molecule has 1 rings (SSSR count). The standard InChI is InChI=1S/C6H8S3/c1-2-3-5-4-8-9-6(5)7/h4H,2-3H2,1H3. The summed E-state index contributed by atoms with van der Waals surface area (Å²) in [6.45, 7) is 2.18. The predicted molar refractivity (Wildman–Crippen MR) is 47.0 cm³/mol. The van der Waals surface area contributed by atoms with Gasteiger partial charge < -0.3 is 0 Å². The van der Waals surface area contributed by atoms with Gasteiger partial charge in [-0.1, -0.05) is 46.2 Å². The van der Waals surface area contributed by atoms with Gasteiger partial charge >= 0.3 is 0 Å². The maximum Gasteiger partial charge on any atom is 0.105 e. The third kappa shape index (κ3) is 1.85. The Morgan fingerprint density at radius 2 is 2.44 bits per heavy atom. The first kappa shape index (κ1) is 7.38. The molecule has 0 amide bonds. The summed E-state index contributed by atoms with van der Waals surface area (Å²) >= 11 is 5.08. The third-order valence-corrected chi connectivity index (χ3v) is 3.89. The summed E-state index contributed by atoms with van der Waals surface area (Å²) in [6, 6.07) is 0. The van der Waals surface area contributed by atoms with E-state index < -0.39 is 0 Å². The second kappa shape index (κ2) is 3.44. The van der Waals surface area contributed by atoms with Crippen LogP contribution in [0.25, 0.3) is 0 Å². The Balaban J connectivity index is 2.81. The zero-order valence-corrected chi connectivity index (χ0v) is 7.67. The predicted octanol–water partition coefficient (Wildman–Crippen LogP) is 3.49. The molecule has 0 nitrogen and oxygen atoms in total. The third-order valence-electron chi connectivity index (χ3n) is 1.10. The monoisotopic (exact) mass is 176 g/mol. The molecular weight excluding hydrogens is 168 g/mol. The maximum absolute atomic E-state index is 5.08. The van der Waals surface area contributed by atoms with Gasteiger partial charge in [0.05, 0.1) is 0 Å². The van der Waals surface area contributed by atoms with Crippen LogP contribution in [0.15, 0.2) is 5.38 Å². The Morgan fingerprint density at radius 1 is 1.67 bits per heavy atom. The van der Waals surface area contributed by atoms with Crippen LogP contribution in [-0.4, -0.2) is 0 Å². The molecule has 9 heavy (non-hydrogen) atoms. The fraction of sp³-hybridized carbons (Fsp3) is 0.500. The van der Waals surface area contributed by atoms with Crippen LogP contribution in [0.2, 0.25) is 0 Å². The van der Waals surface area contributed by atoms with Crippen LogP contribution in [0, 0.1) is 3.82 Å². The largest absolute Gasteiger partial charge is 0.105 e. The van der Waals surface area contributed by atoms with Gasteiger partial charge in [0.1, 0.15) is 3.82 Å². The highest BCUT2D eigenvalue weighted by atomic mass is 32.9. The van der Waals surface area contributed by atoms with Crippen molar-refractivity contribution in [1.29, 1.82) is 0 Å². The topological polar surface area (TPSA) is 0 Å². The summed E-state index contributed by atoms with van der Waals surface area (Å²) < 4.78 is 1.09. The second-order valence-electron chi connectivity index (χ2n) is 1.86. The van der Waals surface area contributed by atoms with Crippen molar-refractivity contribution in [3.63, 3.8) is 0 Å². The SMILES string of the molecule is CCCc1cssc1=S. The van der Waals surface area contributed by atoms with Gasteiger partial charge in [0.25, 0.3) is 0 Å². The lowest BCUT2D eigenvalue weighted by Crippen LogP contribution is -1.75. The fourth-order valence-electron chi connectivity index (χ4n) is 0.658. The minimum atomic E-state index is 1.09. The molecule has 0 spiro atoms. The van der Waals surface area contributed by atoms with Crippen LogP contribution in [0.4, 0.5) is 0 Å². The van der Waals surface area contributed by atoms with E-state index in [0.29, 0.717) is 0 Å². The molecule has 1 aromatic heterocycles. The van der Waals surface area contributed by atoms with E-state index in [1.54, 1.807) is 20.7 Å². The average Bonchev–Trinajstić information content (AvgIpc) is 2.18. The average molecular weight is 176 g/mol. The summed E-state index contributed by atoms with van der Waals surface area (Å²) in [6.07, 6.45) is 2.35. The van der Waals surface area contributed by atoms with E-state index in [2.05, 4.69) is 12.3 Å². The first-order valence-electron chi connectivity index (χ1n) is 2.91. The van der Waals surface area contributed by atoms with Crippen LogP contribution < -0.4 is 0 Å². The van der Waals surface area contributed by atoms with E-state index in [9.17, 15) is 0 Å². The lowest BCUT2D eigenvalue weighted by atomic mass is 10.2. The Morgan fingerprint density at radius 3 is 2.89 bits per heavy atom. The van der Waals surface area contributed by atoms with Crippen molar-refractivity contribution in [1.82, 2.24) is 0 Å². The molecule has 0 saturated carbocycles. The van der Waals surface area contributed by atoms with Gasteiger partial charge in [-0.15, -0.1) is 0 Å². The van der Waals surface area contributed by atoms with E-state index in [-0.39, 0.29) is 0 Å². The lowest BCUT2D eigenvalue weighted by molar-refractivity contribution is 0.926. The molecular formula is C6H8S3. The molecule has 0 radical (unpaired) electrons. The Kier molecular flexibility index (Phi) is 2.82. The van der Waals surface area contributed by atoms with Gasteiger partial charge in [-0.3, -0.25) is 0 Å². The fourth-order valence-corrected chi connectivity index (χ4v) is 3.15. The molecule has 0 atom stereocenters. The van der Waals surface area contributed by atoms with Gasteiger partial charge in [0.15, 0.2) is 0 Å². The van der Waals surface area contributed by atoms with E-state index in [1.807, 2.05) is 0 Å². The van der Waals surface area contributed by atoms with Crippen molar-refractivity contribution in [2.24, 2.45) is 0 Å². The quantitative estimate of drug-likeness (QED) is 0.491. The molecule has 0 fully saturated rings. The Hall–Kier alpha value is 0.270.